The fourth-order valence-electron chi connectivity index (χ4n) is 2.10. The van der Waals surface area contributed by atoms with Gasteiger partial charge in [-0.25, -0.2) is 0 Å². The van der Waals surface area contributed by atoms with Gasteiger partial charge in [0.05, 0.1) is 12.2 Å². The predicted octanol–water partition coefficient (Wildman–Crippen LogP) is 2.38. The normalized spacial score (nSPS) is 30.2. The van der Waals surface area contributed by atoms with Crippen molar-refractivity contribution in [3.05, 3.63) is 35.9 Å². The van der Waals surface area contributed by atoms with E-state index in [4.69, 9.17) is 4.74 Å². The lowest BCUT2D eigenvalue weighted by atomic mass is 10.0. The molecule has 1 saturated heterocycles. The molecule has 2 nitrogen and oxygen atoms in total. The maximum atomic E-state index is 5.96. The average Bonchev–Trinajstić information content (AvgIpc) is 2.32. The zero-order valence-electron chi connectivity index (χ0n) is 10.1. The highest BCUT2D eigenvalue weighted by atomic mass is 16.5. The first kappa shape index (κ1) is 11.6. The molecule has 1 aliphatic rings. The third kappa shape index (κ3) is 3.06. The standard InChI is InChI=1S/C14H21NO/c1-11-12(2)16-14(10-15-11)9-8-13-6-4-3-5-7-13/h3-7,11-12,14-15H,8-10H2,1-2H3. The number of hydrogen-bond acceptors (Lipinski definition) is 2. The van der Waals surface area contributed by atoms with Crippen LogP contribution in [0.1, 0.15) is 25.8 Å². The van der Waals surface area contributed by atoms with E-state index >= 15 is 0 Å². The van der Waals surface area contributed by atoms with Crippen molar-refractivity contribution < 1.29 is 4.74 Å². The Kier molecular flexibility index (Phi) is 3.97. The second kappa shape index (κ2) is 5.46. The van der Waals surface area contributed by atoms with E-state index in [1.807, 2.05) is 0 Å². The van der Waals surface area contributed by atoms with Crippen LogP contribution in [0.15, 0.2) is 30.3 Å². The van der Waals surface area contributed by atoms with Gasteiger partial charge in [-0.1, -0.05) is 30.3 Å². The molecule has 2 rings (SSSR count). The van der Waals surface area contributed by atoms with Crippen LogP contribution in [-0.2, 0) is 11.2 Å². The molecule has 1 heterocycles. The van der Waals surface area contributed by atoms with Gasteiger partial charge in [-0.2, -0.15) is 0 Å². The van der Waals surface area contributed by atoms with Gasteiger partial charge in [-0.15, -0.1) is 0 Å². The van der Waals surface area contributed by atoms with Crippen LogP contribution >= 0.6 is 0 Å². The lowest BCUT2D eigenvalue weighted by Gasteiger charge is -2.34. The second-order valence-electron chi connectivity index (χ2n) is 4.68. The van der Waals surface area contributed by atoms with Crippen LogP contribution in [0.25, 0.3) is 0 Å². The van der Waals surface area contributed by atoms with Crippen molar-refractivity contribution in [1.29, 1.82) is 0 Å². The molecular formula is C14H21NO. The molecule has 16 heavy (non-hydrogen) atoms. The van der Waals surface area contributed by atoms with E-state index in [0.717, 1.165) is 19.4 Å². The van der Waals surface area contributed by atoms with Crippen LogP contribution in [0.4, 0.5) is 0 Å². The van der Waals surface area contributed by atoms with Crippen molar-refractivity contribution in [3.8, 4) is 0 Å². The fraction of sp³-hybridized carbons (Fsp3) is 0.571. The lowest BCUT2D eigenvalue weighted by Crippen LogP contribution is -2.49. The maximum Gasteiger partial charge on any atom is 0.0707 e. The minimum absolute atomic E-state index is 0.328. The van der Waals surface area contributed by atoms with Gasteiger partial charge in [0, 0.05) is 12.6 Å². The molecule has 3 unspecified atom stereocenters. The molecule has 0 bridgehead atoms. The summed E-state index contributed by atoms with van der Waals surface area (Å²) in [6, 6.07) is 11.1. The molecule has 0 amide bonds. The molecule has 0 saturated carbocycles. The van der Waals surface area contributed by atoms with E-state index < -0.39 is 0 Å². The number of nitrogens with one attached hydrogen (secondary N) is 1. The van der Waals surface area contributed by atoms with Gasteiger partial charge in [0.1, 0.15) is 0 Å². The Labute approximate surface area is 98.0 Å². The first-order chi connectivity index (χ1) is 7.75. The molecule has 0 radical (unpaired) electrons. The number of benzene rings is 1. The second-order valence-corrected chi connectivity index (χ2v) is 4.68. The van der Waals surface area contributed by atoms with Gasteiger partial charge >= 0.3 is 0 Å². The Morgan fingerprint density at radius 1 is 1.25 bits per heavy atom. The van der Waals surface area contributed by atoms with E-state index in [1.54, 1.807) is 0 Å². The van der Waals surface area contributed by atoms with Crippen LogP contribution in [-0.4, -0.2) is 24.8 Å². The first-order valence-electron chi connectivity index (χ1n) is 6.18. The third-order valence-electron chi connectivity index (χ3n) is 3.38. The van der Waals surface area contributed by atoms with Crippen LogP contribution < -0.4 is 5.32 Å². The predicted molar refractivity (Wildman–Crippen MR) is 66.6 cm³/mol. The Hall–Kier alpha value is -0.860. The molecule has 0 aliphatic carbocycles. The average molecular weight is 219 g/mol. The third-order valence-corrected chi connectivity index (χ3v) is 3.38. The minimum Gasteiger partial charge on any atom is -0.372 e. The van der Waals surface area contributed by atoms with E-state index in [-0.39, 0.29) is 0 Å². The molecule has 0 spiro atoms. The highest BCUT2D eigenvalue weighted by Crippen LogP contribution is 2.14. The van der Waals surface area contributed by atoms with Crippen molar-refractivity contribution in [2.45, 2.75) is 44.9 Å². The molecule has 0 aromatic heterocycles. The fourth-order valence-corrected chi connectivity index (χ4v) is 2.10. The molecule has 1 fully saturated rings. The van der Waals surface area contributed by atoms with Gasteiger partial charge in [0.2, 0.25) is 0 Å². The highest BCUT2D eigenvalue weighted by molar-refractivity contribution is 5.14. The summed E-state index contributed by atoms with van der Waals surface area (Å²) in [6.45, 7) is 5.31. The summed E-state index contributed by atoms with van der Waals surface area (Å²) < 4.78 is 5.96. The topological polar surface area (TPSA) is 21.3 Å². The van der Waals surface area contributed by atoms with Crippen molar-refractivity contribution in [1.82, 2.24) is 5.32 Å². The number of morpholine rings is 1. The number of hydrogen-bond donors (Lipinski definition) is 1. The summed E-state index contributed by atoms with van der Waals surface area (Å²) in [7, 11) is 0. The van der Waals surface area contributed by atoms with E-state index in [2.05, 4.69) is 49.5 Å². The van der Waals surface area contributed by atoms with Crippen molar-refractivity contribution in [3.63, 3.8) is 0 Å². The van der Waals surface area contributed by atoms with E-state index in [9.17, 15) is 0 Å². The zero-order chi connectivity index (χ0) is 11.4. The molecule has 2 heteroatoms. The van der Waals surface area contributed by atoms with Gasteiger partial charge in [0.15, 0.2) is 0 Å². The van der Waals surface area contributed by atoms with E-state index in [1.165, 1.54) is 5.56 Å². The molecule has 3 atom stereocenters. The molecule has 88 valence electrons. The number of rotatable bonds is 3. The minimum atomic E-state index is 0.328. The Morgan fingerprint density at radius 2 is 2.00 bits per heavy atom. The SMILES string of the molecule is CC1NCC(CCc2ccccc2)OC1C. The summed E-state index contributed by atoms with van der Waals surface area (Å²) in [6.07, 6.45) is 2.91. The smallest absolute Gasteiger partial charge is 0.0707 e. The summed E-state index contributed by atoms with van der Waals surface area (Å²) in [5, 5.41) is 3.49. The Bertz CT molecular complexity index is 312. The Morgan fingerprint density at radius 3 is 2.69 bits per heavy atom. The number of ether oxygens (including phenoxy) is 1. The van der Waals surface area contributed by atoms with Gasteiger partial charge < -0.3 is 10.1 Å². The van der Waals surface area contributed by atoms with Gasteiger partial charge in [0.25, 0.3) is 0 Å². The monoisotopic (exact) mass is 219 g/mol. The summed E-state index contributed by atoms with van der Waals surface area (Å²) in [4.78, 5) is 0. The molecule has 1 aromatic carbocycles. The number of aryl methyl sites for hydroxylation is 1. The summed E-state index contributed by atoms with van der Waals surface area (Å²) in [5.41, 5.74) is 1.40. The Balaban J connectivity index is 1.79. The molecule has 1 aromatic rings. The maximum absolute atomic E-state index is 5.96. The highest BCUT2D eigenvalue weighted by Gasteiger charge is 2.23. The molecule has 1 N–H and O–H groups in total. The van der Waals surface area contributed by atoms with E-state index in [0.29, 0.717) is 18.2 Å². The van der Waals surface area contributed by atoms with Crippen molar-refractivity contribution >= 4 is 0 Å². The zero-order valence-corrected chi connectivity index (χ0v) is 10.1. The van der Waals surface area contributed by atoms with Gasteiger partial charge in [-0.3, -0.25) is 0 Å². The summed E-state index contributed by atoms with van der Waals surface area (Å²) in [5.74, 6) is 0. The molecule has 1 aliphatic heterocycles. The van der Waals surface area contributed by atoms with Crippen LogP contribution in [0.2, 0.25) is 0 Å². The van der Waals surface area contributed by atoms with Crippen LogP contribution in [0, 0.1) is 0 Å². The van der Waals surface area contributed by atoms with Crippen LogP contribution in [0.3, 0.4) is 0 Å². The largest absolute Gasteiger partial charge is 0.372 e. The quantitative estimate of drug-likeness (QED) is 0.842. The van der Waals surface area contributed by atoms with Crippen molar-refractivity contribution in [2.24, 2.45) is 0 Å². The lowest BCUT2D eigenvalue weighted by molar-refractivity contribution is -0.0520. The van der Waals surface area contributed by atoms with Gasteiger partial charge in [-0.05, 0) is 32.3 Å². The molecular weight excluding hydrogens is 198 g/mol. The summed E-state index contributed by atoms with van der Waals surface area (Å²) >= 11 is 0. The van der Waals surface area contributed by atoms with Crippen molar-refractivity contribution in [2.75, 3.05) is 6.54 Å². The van der Waals surface area contributed by atoms with Crippen LogP contribution in [0.5, 0.6) is 0 Å². The first-order valence-corrected chi connectivity index (χ1v) is 6.18.